The van der Waals surface area contributed by atoms with Gasteiger partial charge in [-0.3, -0.25) is 9.89 Å². The number of amides is 1. The topological polar surface area (TPSA) is 101 Å². The monoisotopic (exact) mass is 342 g/mol. The van der Waals surface area contributed by atoms with Crippen molar-refractivity contribution in [3.05, 3.63) is 23.8 Å². The number of nitrogens with two attached hydrogens (primary N) is 1. The van der Waals surface area contributed by atoms with Crippen LogP contribution >= 0.6 is 15.9 Å². The fourth-order valence-corrected chi connectivity index (χ4v) is 2.89. The van der Waals surface area contributed by atoms with Gasteiger partial charge in [0.2, 0.25) is 5.70 Å². The fourth-order valence-electron chi connectivity index (χ4n) is 2.39. The van der Waals surface area contributed by atoms with Crippen LogP contribution in [-0.4, -0.2) is 57.5 Å². The van der Waals surface area contributed by atoms with Gasteiger partial charge in [0.05, 0.1) is 25.6 Å². The number of rotatable bonds is 1. The number of amidine groups is 1. The maximum Gasteiger partial charge on any atom is 0.408 e. The minimum absolute atomic E-state index is 0.136. The standard InChI is InChI=1S/C11H12BrN5O3/c12-10-15-9(8-5-14-1-3-17(8,10)13)7-6-20-4-2-16(7)11(18)19/h1,3,5,7H,2,4,6,13H2/p+1. The number of quaternary nitrogens is 1. The molecule has 3 aliphatic rings. The summed E-state index contributed by atoms with van der Waals surface area (Å²) in [6.45, 7) is 0.945. The van der Waals surface area contributed by atoms with Gasteiger partial charge < -0.3 is 9.84 Å². The van der Waals surface area contributed by atoms with E-state index in [1.165, 1.54) is 4.90 Å². The normalized spacial score (nSPS) is 32.4. The quantitative estimate of drug-likeness (QED) is 0.413. The highest BCUT2D eigenvalue weighted by atomic mass is 79.9. The fraction of sp³-hybridized carbons (Fsp3) is 0.364. The molecule has 0 bridgehead atoms. The van der Waals surface area contributed by atoms with Crippen LogP contribution in [0.25, 0.3) is 0 Å². The second-order valence-electron chi connectivity index (χ2n) is 4.57. The van der Waals surface area contributed by atoms with E-state index in [2.05, 4.69) is 25.9 Å². The largest absolute Gasteiger partial charge is 0.465 e. The summed E-state index contributed by atoms with van der Waals surface area (Å²) >= 11 is 3.34. The minimum Gasteiger partial charge on any atom is -0.465 e. The van der Waals surface area contributed by atoms with Crippen LogP contribution in [0.2, 0.25) is 0 Å². The van der Waals surface area contributed by atoms with Crippen molar-refractivity contribution in [3.63, 3.8) is 0 Å². The second-order valence-corrected chi connectivity index (χ2v) is 5.28. The number of carbonyl (C=O) groups is 1. The third kappa shape index (κ3) is 1.90. The first kappa shape index (κ1) is 13.4. The van der Waals surface area contributed by atoms with Gasteiger partial charge >= 0.3 is 10.8 Å². The van der Waals surface area contributed by atoms with E-state index in [4.69, 9.17) is 10.6 Å². The van der Waals surface area contributed by atoms with Crippen molar-refractivity contribution in [2.75, 3.05) is 19.8 Å². The zero-order chi connectivity index (χ0) is 14.3. The summed E-state index contributed by atoms with van der Waals surface area (Å²) in [5.41, 5.74) is 1.20. The molecule has 0 radical (unpaired) electrons. The van der Waals surface area contributed by atoms with Crippen molar-refractivity contribution < 1.29 is 19.2 Å². The Kier molecular flexibility index (Phi) is 3.21. The summed E-state index contributed by atoms with van der Waals surface area (Å²) in [6, 6.07) is -0.481. The highest BCUT2D eigenvalue weighted by Crippen LogP contribution is 2.33. The number of nitrogens with zero attached hydrogens (tertiary/aromatic N) is 4. The van der Waals surface area contributed by atoms with E-state index >= 15 is 0 Å². The van der Waals surface area contributed by atoms with Gasteiger partial charge in [0.25, 0.3) is 0 Å². The maximum atomic E-state index is 11.3. The summed E-state index contributed by atoms with van der Waals surface area (Å²) < 4.78 is 5.74. The molecule has 2 unspecified atom stereocenters. The van der Waals surface area contributed by atoms with E-state index in [9.17, 15) is 9.90 Å². The molecule has 0 aliphatic carbocycles. The van der Waals surface area contributed by atoms with Crippen LogP contribution in [0.3, 0.4) is 0 Å². The number of aliphatic imine (C=N–C) groups is 2. The van der Waals surface area contributed by atoms with Gasteiger partial charge in [0.1, 0.15) is 17.9 Å². The van der Waals surface area contributed by atoms with Crippen LogP contribution in [0.5, 0.6) is 0 Å². The Morgan fingerprint density at radius 1 is 1.65 bits per heavy atom. The van der Waals surface area contributed by atoms with Crippen molar-refractivity contribution in [3.8, 4) is 0 Å². The SMILES string of the molecule is N[N+]12C=CN=CC1=C(C1COCCN1C(=O)O)N=C2Br. The molecule has 1 fully saturated rings. The highest BCUT2D eigenvalue weighted by Gasteiger charge is 2.46. The molecule has 106 valence electrons. The first-order chi connectivity index (χ1) is 9.54. The molecule has 0 aromatic carbocycles. The second kappa shape index (κ2) is 4.77. The lowest BCUT2D eigenvalue weighted by Crippen LogP contribution is -2.52. The first-order valence-corrected chi connectivity index (χ1v) is 6.78. The lowest BCUT2D eigenvalue weighted by atomic mass is 10.1. The lowest BCUT2D eigenvalue weighted by molar-refractivity contribution is -0.746. The van der Waals surface area contributed by atoms with E-state index in [0.717, 1.165) is 0 Å². The summed E-state index contributed by atoms with van der Waals surface area (Å²) in [5.74, 6) is 6.24. The van der Waals surface area contributed by atoms with E-state index < -0.39 is 12.1 Å². The number of carboxylic acid groups (broad SMARTS) is 1. The van der Waals surface area contributed by atoms with E-state index in [1.807, 2.05) is 0 Å². The zero-order valence-corrected chi connectivity index (χ0v) is 12.0. The molecular formula is C11H13BrN5O3+. The summed E-state index contributed by atoms with van der Waals surface area (Å²) in [5, 5.41) is 9.30. The average Bonchev–Trinajstić information content (AvgIpc) is 2.71. The average molecular weight is 343 g/mol. The van der Waals surface area contributed by atoms with Crippen LogP contribution in [0, 0.1) is 0 Å². The molecule has 3 aliphatic heterocycles. The Morgan fingerprint density at radius 3 is 3.20 bits per heavy atom. The number of hydrogen-bond donors (Lipinski definition) is 2. The smallest absolute Gasteiger partial charge is 0.408 e. The Balaban J connectivity index is 2.04. The van der Waals surface area contributed by atoms with E-state index in [0.29, 0.717) is 29.3 Å². The van der Waals surface area contributed by atoms with Crippen LogP contribution < -0.4 is 5.84 Å². The van der Waals surface area contributed by atoms with Crippen molar-refractivity contribution >= 4 is 33.0 Å². The predicted molar refractivity (Wildman–Crippen MR) is 74.8 cm³/mol. The van der Waals surface area contributed by atoms with Crippen molar-refractivity contribution in [1.82, 2.24) is 4.90 Å². The highest BCUT2D eigenvalue weighted by molar-refractivity contribution is 9.18. The van der Waals surface area contributed by atoms with Crippen molar-refractivity contribution in [2.24, 2.45) is 15.8 Å². The predicted octanol–water partition coefficient (Wildman–Crippen LogP) is 0.587. The van der Waals surface area contributed by atoms with Gasteiger partial charge in [-0.25, -0.2) is 4.79 Å². The molecule has 1 amide bonds. The van der Waals surface area contributed by atoms with Gasteiger partial charge in [0.15, 0.2) is 0 Å². The molecule has 3 N–H and O–H groups in total. The third-order valence-electron chi connectivity index (χ3n) is 3.45. The molecule has 3 heterocycles. The summed E-state index contributed by atoms with van der Waals surface area (Å²) in [7, 11) is 0. The van der Waals surface area contributed by atoms with Gasteiger partial charge in [0, 0.05) is 22.5 Å². The zero-order valence-electron chi connectivity index (χ0n) is 10.4. The molecule has 0 saturated carbocycles. The molecule has 3 rings (SSSR count). The molecule has 1 saturated heterocycles. The van der Waals surface area contributed by atoms with Crippen LogP contribution in [0.15, 0.2) is 33.8 Å². The van der Waals surface area contributed by atoms with Crippen LogP contribution in [0.4, 0.5) is 4.79 Å². The summed E-state index contributed by atoms with van der Waals surface area (Å²) in [6.07, 6.45) is 3.85. The number of halogens is 1. The Labute approximate surface area is 123 Å². The number of fused-ring (bicyclic) bond motifs is 1. The number of ether oxygens (including phenoxy) is 1. The van der Waals surface area contributed by atoms with Gasteiger partial charge in [-0.05, 0) is 0 Å². The summed E-state index contributed by atoms with van der Waals surface area (Å²) in [4.78, 5) is 21.1. The molecule has 0 spiro atoms. The molecule has 9 heteroatoms. The minimum atomic E-state index is -0.997. The lowest BCUT2D eigenvalue weighted by Gasteiger charge is -2.33. The Bertz CT molecular complexity index is 585. The van der Waals surface area contributed by atoms with Gasteiger partial charge in [-0.15, -0.1) is 4.59 Å². The van der Waals surface area contributed by atoms with Crippen molar-refractivity contribution in [1.29, 1.82) is 0 Å². The molecule has 0 aromatic heterocycles. The first-order valence-electron chi connectivity index (χ1n) is 5.99. The Morgan fingerprint density at radius 2 is 2.45 bits per heavy atom. The van der Waals surface area contributed by atoms with E-state index in [-0.39, 0.29) is 11.2 Å². The number of hydrogen-bond acceptors (Lipinski definition) is 5. The molecule has 20 heavy (non-hydrogen) atoms. The van der Waals surface area contributed by atoms with Crippen LogP contribution in [-0.2, 0) is 4.74 Å². The molecular weight excluding hydrogens is 330 g/mol. The Hall–Kier alpha value is -1.55. The van der Waals surface area contributed by atoms with E-state index in [1.54, 1.807) is 18.6 Å². The molecule has 0 aromatic rings. The molecule has 2 atom stereocenters. The van der Waals surface area contributed by atoms with Crippen molar-refractivity contribution in [2.45, 2.75) is 6.04 Å². The van der Waals surface area contributed by atoms with Crippen LogP contribution in [0.1, 0.15) is 0 Å². The third-order valence-corrected chi connectivity index (χ3v) is 4.22. The van der Waals surface area contributed by atoms with Gasteiger partial charge in [-0.2, -0.15) is 10.8 Å². The number of allylic oxidation sites excluding steroid dienone is 1. The number of morpholine rings is 1. The maximum absolute atomic E-state index is 11.3. The van der Waals surface area contributed by atoms with Gasteiger partial charge in [-0.1, -0.05) is 0 Å². The molecule has 8 nitrogen and oxygen atoms in total.